The lowest BCUT2D eigenvalue weighted by Crippen LogP contribution is -2.16. The van der Waals surface area contributed by atoms with Gasteiger partial charge in [-0.2, -0.15) is 0 Å². The highest BCUT2D eigenvalue weighted by molar-refractivity contribution is 7.98. The molecule has 0 aliphatic carbocycles. The second kappa shape index (κ2) is 6.29. The number of nitrogens with one attached hydrogen (secondary N) is 1. The Labute approximate surface area is 119 Å². The van der Waals surface area contributed by atoms with Crippen LogP contribution in [-0.2, 0) is 12.3 Å². The Balaban J connectivity index is 2.06. The van der Waals surface area contributed by atoms with E-state index in [1.165, 1.54) is 11.8 Å². The topological polar surface area (TPSA) is 109 Å². The number of amidine groups is 1. The van der Waals surface area contributed by atoms with Crippen LogP contribution in [0.25, 0.3) is 0 Å². The standard InChI is InChI=1S/C12H15N5O2S/c1-2-17-11(18)14-15-12(17)20-7-8-3-5-9(6-4-8)10(13)16-19/h3-6,19H,2,7H2,1H3,(H2,13,16)(H,14,18). The Morgan fingerprint density at radius 2 is 2.20 bits per heavy atom. The summed E-state index contributed by atoms with van der Waals surface area (Å²) in [6.07, 6.45) is 0. The molecule has 0 radical (unpaired) electrons. The van der Waals surface area contributed by atoms with Gasteiger partial charge >= 0.3 is 5.69 Å². The molecule has 1 aromatic heterocycles. The van der Waals surface area contributed by atoms with E-state index >= 15 is 0 Å². The first-order valence-electron chi connectivity index (χ1n) is 6.00. The second-order valence-electron chi connectivity index (χ2n) is 4.03. The maximum Gasteiger partial charge on any atom is 0.343 e. The molecule has 0 fully saturated rings. The van der Waals surface area contributed by atoms with Gasteiger partial charge in [0.25, 0.3) is 0 Å². The number of nitrogens with zero attached hydrogens (tertiary/aromatic N) is 3. The molecular formula is C12H15N5O2S. The lowest BCUT2D eigenvalue weighted by atomic mass is 10.1. The average molecular weight is 293 g/mol. The van der Waals surface area contributed by atoms with Gasteiger partial charge in [-0.3, -0.25) is 4.57 Å². The van der Waals surface area contributed by atoms with Gasteiger partial charge in [0.1, 0.15) is 0 Å². The minimum Gasteiger partial charge on any atom is -0.409 e. The SMILES string of the molecule is CCn1c(SCc2ccc(C(N)=NO)cc2)n[nH]c1=O. The van der Waals surface area contributed by atoms with Crippen LogP contribution in [0.1, 0.15) is 18.1 Å². The molecule has 0 atom stereocenters. The van der Waals surface area contributed by atoms with E-state index in [2.05, 4.69) is 15.4 Å². The maximum absolute atomic E-state index is 11.4. The van der Waals surface area contributed by atoms with Gasteiger partial charge in [0.05, 0.1) is 0 Å². The van der Waals surface area contributed by atoms with Gasteiger partial charge in [0.2, 0.25) is 0 Å². The van der Waals surface area contributed by atoms with E-state index in [0.717, 1.165) is 5.56 Å². The number of hydrogen-bond acceptors (Lipinski definition) is 5. The lowest BCUT2D eigenvalue weighted by Gasteiger charge is -2.04. The predicted molar refractivity (Wildman–Crippen MR) is 77.0 cm³/mol. The molecule has 20 heavy (non-hydrogen) atoms. The second-order valence-corrected chi connectivity index (χ2v) is 4.97. The highest BCUT2D eigenvalue weighted by Gasteiger charge is 2.07. The molecule has 8 heteroatoms. The third-order valence-electron chi connectivity index (χ3n) is 2.76. The molecule has 0 spiro atoms. The van der Waals surface area contributed by atoms with Crippen molar-refractivity contribution in [1.82, 2.24) is 14.8 Å². The normalized spacial score (nSPS) is 11.8. The highest BCUT2D eigenvalue weighted by atomic mass is 32.2. The summed E-state index contributed by atoms with van der Waals surface area (Å²) in [6.45, 7) is 2.48. The number of H-pyrrole nitrogens is 1. The molecule has 106 valence electrons. The molecule has 0 saturated carbocycles. The quantitative estimate of drug-likeness (QED) is 0.250. The van der Waals surface area contributed by atoms with Crippen LogP contribution in [0.15, 0.2) is 39.4 Å². The minimum atomic E-state index is -0.197. The summed E-state index contributed by atoms with van der Waals surface area (Å²) < 4.78 is 1.58. The van der Waals surface area contributed by atoms with Gasteiger partial charge in [-0.25, -0.2) is 9.89 Å². The number of rotatable bonds is 5. The van der Waals surface area contributed by atoms with E-state index in [1.54, 1.807) is 16.7 Å². The summed E-state index contributed by atoms with van der Waals surface area (Å²) in [6, 6.07) is 7.34. The highest BCUT2D eigenvalue weighted by Crippen LogP contribution is 2.19. The molecule has 1 heterocycles. The van der Waals surface area contributed by atoms with Crippen LogP contribution in [0.5, 0.6) is 0 Å². The van der Waals surface area contributed by atoms with Crippen molar-refractivity contribution < 1.29 is 5.21 Å². The van der Waals surface area contributed by atoms with Gasteiger partial charge in [0, 0.05) is 17.9 Å². The number of thioether (sulfide) groups is 1. The predicted octanol–water partition coefficient (Wildman–Crippen LogP) is 0.978. The lowest BCUT2D eigenvalue weighted by molar-refractivity contribution is 0.318. The van der Waals surface area contributed by atoms with Gasteiger partial charge in [-0.1, -0.05) is 41.2 Å². The Kier molecular flexibility index (Phi) is 4.46. The van der Waals surface area contributed by atoms with Crippen LogP contribution in [0.3, 0.4) is 0 Å². The molecule has 0 unspecified atom stereocenters. The van der Waals surface area contributed by atoms with Crippen molar-refractivity contribution in [3.05, 3.63) is 45.9 Å². The fourth-order valence-electron chi connectivity index (χ4n) is 1.67. The molecule has 4 N–H and O–H groups in total. The van der Waals surface area contributed by atoms with Gasteiger partial charge < -0.3 is 10.9 Å². The number of aromatic nitrogens is 3. The van der Waals surface area contributed by atoms with E-state index in [1.807, 2.05) is 19.1 Å². The van der Waals surface area contributed by atoms with Gasteiger partial charge in [0.15, 0.2) is 11.0 Å². The molecule has 2 aromatic rings. The fraction of sp³-hybridized carbons (Fsp3) is 0.250. The molecule has 2 rings (SSSR count). The zero-order chi connectivity index (χ0) is 14.5. The number of oxime groups is 1. The maximum atomic E-state index is 11.4. The summed E-state index contributed by atoms with van der Waals surface area (Å²) in [7, 11) is 0. The number of hydrogen-bond donors (Lipinski definition) is 3. The van der Waals surface area contributed by atoms with Crippen LogP contribution in [0, 0.1) is 0 Å². The first-order valence-corrected chi connectivity index (χ1v) is 6.99. The van der Waals surface area contributed by atoms with Crippen LogP contribution < -0.4 is 11.4 Å². The third-order valence-corrected chi connectivity index (χ3v) is 3.81. The van der Waals surface area contributed by atoms with Crippen molar-refractivity contribution in [3.8, 4) is 0 Å². The van der Waals surface area contributed by atoms with Crippen molar-refractivity contribution in [3.63, 3.8) is 0 Å². The molecule has 0 aliphatic heterocycles. The van der Waals surface area contributed by atoms with Crippen molar-refractivity contribution in [2.75, 3.05) is 0 Å². The number of nitrogens with two attached hydrogens (primary N) is 1. The molecule has 7 nitrogen and oxygen atoms in total. The summed E-state index contributed by atoms with van der Waals surface area (Å²) >= 11 is 1.48. The molecule has 0 aliphatic rings. The van der Waals surface area contributed by atoms with E-state index in [9.17, 15) is 4.79 Å². The molecule has 0 amide bonds. The van der Waals surface area contributed by atoms with Crippen LogP contribution >= 0.6 is 11.8 Å². The first-order chi connectivity index (χ1) is 9.65. The van der Waals surface area contributed by atoms with Gasteiger partial charge in [-0.05, 0) is 12.5 Å². The van der Waals surface area contributed by atoms with Crippen LogP contribution in [-0.4, -0.2) is 25.8 Å². The minimum absolute atomic E-state index is 0.0799. The van der Waals surface area contributed by atoms with E-state index in [4.69, 9.17) is 10.9 Å². The zero-order valence-electron chi connectivity index (χ0n) is 10.9. The number of benzene rings is 1. The Morgan fingerprint density at radius 1 is 1.50 bits per heavy atom. The summed E-state index contributed by atoms with van der Waals surface area (Å²) in [5.41, 5.74) is 7.01. The van der Waals surface area contributed by atoms with Gasteiger partial charge in [-0.15, -0.1) is 5.10 Å². The molecule has 1 aromatic carbocycles. The first kappa shape index (κ1) is 14.2. The van der Waals surface area contributed by atoms with E-state index in [0.29, 0.717) is 23.0 Å². The summed E-state index contributed by atoms with van der Waals surface area (Å²) in [5.74, 6) is 0.761. The van der Waals surface area contributed by atoms with Crippen molar-refractivity contribution in [2.45, 2.75) is 24.4 Å². The van der Waals surface area contributed by atoms with E-state index < -0.39 is 0 Å². The largest absolute Gasteiger partial charge is 0.409 e. The van der Waals surface area contributed by atoms with Crippen molar-refractivity contribution in [1.29, 1.82) is 0 Å². The molecular weight excluding hydrogens is 278 g/mol. The smallest absolute Gasteiger partial charge is 0.343 e. The summed E-state index contributed by atoms with van der Waals surface area (Å²) in [4.78, 5) is 11.4. The molecule has 0 saturated heterocycles. The van der Waals surface area contributed by atoms with Crippen LogP contribution in [0.4, 0.5) is 0 Å². The fourth-order valence-corrected chi connectivity index (χ4v) is 2.64. The Bertz CT molecular complexity index is 659. The Hall–Kier alpha value is -2.22. The third kappa shape index (κ3) is 3.02. The monoisotopic (exact) mass is 293 g/mol. The molecule has 0 bridgehead atoms. The average Bonchev–Trinajstić information content (AvgIpc) is 2.85. The number of aromatic amines is 1. The zero-order valence-corrected chi connectivity index (χ0v) is 11.7. The van der Waals surface area contributed by atoms with E-state index in [-0.39, 0.29) is 11.5 Å². The van der Waals surface area contributed by atoms with Crippen molar-refractivity contribution >= 4 is 17.6 Å². The van der Waals surface area contributed by atoms with Crippen LogP contribution in [0.2, 0.25) is 0 Å². The van der Waals surface area contributed by atoms with Crippen molar-refractivity contribution in [2.24, 2.45) is 10.9 Å². The Morgan fingerprint density at radius 3 is 2.80 bits per heavy atom. The summed E-state index contributed by atoms with van der Waals surface area (Å²) in [5, 5.41) is 18.6.